The van der Waals surface area contributed by atoms with Gasteiger partial charge in [0.15, 0.2) is 0 Å². The molecule has 1 atom stereocenters. The second-order valence-electron chi connectivity index (χ2n) is 9.28. The van der Waals surface area contributed by atoms with Crippen LogP contribution in [0, 0.1) is 0 Å². The number of aryl methyl sites for hydroxylation is 1. The number of pyridine rings is 1. The zero-order valence-corrected chi connectivity index (χ0v) is 21.7. The van der Waals surface area contributed by atoms with E-state index in [1.54, 1.807) is 12.4 Å². The average Bonchev–Trinajstić information content (AvgIpc) is 2.94. The van der Waals surface area contributed by atoms with E-state index in [0.717, 1.165) is 49.0 Å². The van der Waals surface area contributed by atoms with E-state index in [9.17, 15) is 9.59 Å². The standard InChI is InChI=1S/C31H38N2O4/c1-36-31(35)20-17-28(33-30(34)14-8-3-2-5-10-25-11-6-4-7-12-25)22-26-15-18-29(19-16-26)37-24-27-13-9-21-32-23-27/h4,6-7,9,11-13,15-16,18-19,21,23,28H,2-3,5,8,10,14,17,20,22,24H2,1H3,(H,33,34). The third-order valence-corrected chi connectivity index (χ3v) is 6.29. The summed E-state index contributed by atoms with van der Waals surface area (Å²) >= 11 is 0. The van der Waals surface area contributed by atoms with Gasteiger partial charge in [-0.05, 0) is 61.4 Å². The first-order chi connectivity index (χ1) is 18.1. The fourth-order valence-electron chi connectivity index (χ4n) is 4.19. The molecular weight excluding hydrogens is 464 g/mol. The topological polar surface area (TPSA) is 77.5 Å². The molecule has 6 heteroatoms. The van der Waals surface area contributed by atoms with Gasteiger partial charge in [0.05, 0.1) is 7.11 Å². The maximum Gasteiger partial charge on any atom is 0.305 e. The molecule has 0 radical (unpaired) electrons. The van der Waals surface area contributed by atoms with Crippen molar-refractivity contribution in [3.05, 3.63) is 95.8 Å². The highest BCUT2D eigenvalue weighted by Gasteiger charge is 2.15. The molecule has 0 fully saturated rings. The van der Waals surface area contributed by atoms with Crippen molar-refractivity contribution in [2.75, 3.05) is 7.11 Å². The Morgan fingerprint density at radius 1 is 0.838 bits per heavy atom. The molecule has 2 aromatic carbocycles. The maximum atomic E-state index is 12.6. The monoisotopic (exact) mass is 502 g/mol. The number of unbranched alkanes of at least 4 members (excludes halogenated alkanes) is 3. The number of carbonyl (C=O) groups is 2. The maximum absolute atomic E-state index is 12.6. The molecule has 0 aliphatic heterocycles. The second kappa shape index (κ2) is 16.1. The van der Waals surface area contributed by atoms with E-state index in [4.69, 9.17) is 9.47 Å². The highest BCUT2D eigenvalue weighted by Crippen LogP contribution is 2.17. The van der Waals surface area contributed by atoms with Crippen LogP contribution in [0.4, 0.5) is 0 Å². The highest BCUT2D eigenvalue weighted by molar-refractivity contribution is 5.76. The minimum absolute atomic E-state index is 0.0364. The number of amides is 1. The van der Waals surface area contributed by atoms with Crippen LogP contribution in [-0.2, 0) is 33.8 Å². The smallest absolute Gasteiger partial charge is 0.305 e. The molecule has 1 heterocycles. The first-order valence-electron chi connectivity index (χ1n) is 13.1. The van der Waals surface area contributed by atoms with Gasteiger partial charge in [-0.1, -0.05) is 61.4 Å². The van der Waals surface area contributed by atoms with Gasteiger partial charge in [0.2, 0.25) is 5.91 Å². The van der Waals surface area contributed by atoms with Gasteiger partial charge in [-0.2, -0.15) is 0 Å². The molecule has 0 aliphatic rings. The van der Waals surface area contributed by atoms with Gasteiger partial charge < -0.3 is 14.8 Å². The Labute approximate surface area is 220 Å². The van der Waals surface area contributed by atoms with Crippen LogP contribution in [0.2, 0.25) is 0 Å². The number of ether oxygens (including phenoxy) is 2. The lowest BCUT2D eigenvalue weighted by atomic mass is 10.0. The molecule has 37 heavy (non-hydrogen) atoms. The Morgan fingerprint density at radius 3 is 2.32 bits per heavy atom. The van der Waals surface area contributed by atoms with Crippen molar-refractivity contribution in [2.24, 2.45) is 0 Å². The van der Waals surface area contributed by atoms with Crippen LogP contribution in [0.25, 0.3) is 0 Å². The summed E-state index contributed by atoms with van der Waals surface area (Å²) in [6.45, 7) is 0.456. The summed E-state index contributed by atoms with van der Waals surface area (Å²) in [7, 11) is 1.39. The van der Waals surface area contributed by atoms with Crippen molar-refractivity contribution in [1.82, 2.24) is 10.3 Å². The highest BCUT2D eigenvalue weighted by atomic mass is 16.5. The van der Waals surface area contributed by atoms with Gasteiger partial charge in [0, 0.05) is 36.8 Å². The van der Waals surface area contributed by atoms with E-state index in [-0.39, 0.29) is 24.3 Å². The van der Waals surface area contributed by atoms with E-state index >= 15 is 0 Å². The molecular formula is C31H38N2O4. The number of hydrogen-bond donors (Lipinski definition) is 1. The molecule has 6 nitrogen and oxygen atoms in total. The summed E-state index contributed by atoms with van der Waals surface area (Å²) in [5, 5.41) is 3.14. The predicted octanol–water partition coefficient (Wildman–Crippen LogP) is 5.83. The van der Waals surface area contributed by atoms with Gasteiger partial charge >= 0.3 is 5.97 Å². The molecule has 0 aliphatic carbocycles. The molecule has 1 amide bonds. The van der Waals surface area contributed by atoms with Crippen LogP contribution in [0.1, 0.15) is 61.6 Å². The van der Waals surface area contributed by atoms with Crippen molar-refractivity contribution >= 4 is 11.9 Å². The first kappa shape index (κ1) is 27.9. The van der Waals surface area contributed by atoms with Crippen LogP contribution in [-0.4, -0.2) is 30.0 Å². The average molecular weight is 503 g/mol. The van der Waals surface area contributed by atoms with E-state index < -0.39 is 0 Å². The number of aromatic nitrogens is 1. The first-order valence-corrected chi connectivity index (χ1v) is 13.1. The molecule has 196 valence electrons. The summed E-state index contributed by atoms with van der Waals surface area (Å²) in [4.78, 5) is 28.4. The van der Waals surface area contributed by atoms with Gasteiger partial charge in [-0.15, -0.1) is 0 Å². The summed E-state index contributed by atoms with van der Waals surface area (Å²) in [5.41, 5.74) is 3.44. The second-order valence-corrected chi connectivity index (χ2v) is 9.28. The normalized spacial score (nSPS) is 11.5. The van der Waals surface area contributed by atoms with Crippen molar-refractivity contribution in [2.45, 2.75) is 70.4 Å². The van der Waals surface area contributed by atoms with Crippen molar-refractivity contribution < 1.29 is 19.1 Å². The molecule has 0 saturated heterocycles. The number of hydrogen-bond acceptors (Lipinski definition) is 5. The number of esters is 1. The SMILES string of the molecule is COC(=O)CCC(Cc1ccc(OCc2cccnc2)cc1)NC(=O)CCCCCCc1ccccc1. The van der Waals surface area contributed by atoms with E-state index in [0.29, 0.717) is 25.9 Å². The lowest BCUT2D eigenvalue weighted by Gasteiger charge is -2.19. The van der Waals surface area contributed by atoms with Crippen LogP contribution in [0.3, 0.4) is 0 Å². The Balaban J connectivity index is 1.41. The summed E-state index contributed by atoms with van der Waals surface area (Å²) < 4.78 is 10.6. The summed E-state index contributed by atoms with van der Waals surface area (Å²) in [5.74, 6) is 0.543. The van der Waals surface area contributed by atoms with Gasteiger partial charge in [-0.3, -0.25) is 14.6 Å². The Kier molecular flexibility index (Phi) is 12.2. The number of nitrogens with one attached hydrogen (secondary N) is 1. The molecule has 1 aromatic heterocycles. The summed E-state index contributed by atoms with van der Waals surface area (Å²) in [6.07, 6.45) is 10.7. The van der Waals surface area contributed by atoms with E-state index in [2.05, 4.69) is 34.6 Å². The fraction of sp³-hybridized carbons (Fsp3) is 0.387. The van der Waals surface area contributed by atoms with Crippen molar-refractivity contribution in [3.63, 3.8) is 0 Å². The minimum Gasteiger partial charge on any atom is -0.489 e. The molecule has 0 saturated carbocycles. The van der Waals surface area contributed by atoms with E-state index in [1.807, 2.05) is 42.5 Å². The number of nitrogens with zero attached hydrogens (tertiary/aromatic N) is 1. The third-order valence-electron chi connectivity index (χ3n) is 6.29. The van der Waals surface area contributed by atoms with E-state index in [1.165, 1.54) is 12.7 Å². The minimum atomic E-state index is -0.267. The Morgan fingerprint density at radius 2 is 1.59 bits per heavy atom. The van der Waals surface area contributed by atoms with Gasteiger partial charge in [0.1, 0.15) is 12.4 Å². The van der Waals surface area contributed by atoms with Crippen molar-refractivity contribution in [1.29, 1.82) is 0 Å². The molecule has 0 bridgehead atoms. The molecule has 3 aromatic rings. The third kappa shape index (κ3) is 11.3. The van der Waals surface area contributed by atoms with Gasteiger partial charge in [0.25, 0.3) is 0 Å². The molecule has 0 spiro atoms. The molecule has 3 rings (SSSR count). The van der Waals surface area contributed by atoms with Crippen LogP contribution < -0.4 is 10.1 Å². The zero-order chi connectivity index (χ0) is 26.1. The van der Waals surface area contributed by atoms with Crippen molar-refractivity contribution in [3.8, 4) is 5.75 Å². The van der Waals surface area contributed by atoms with Crippen LogP contribution >= 0.6 is 0 Å². The quantitative estimate of drug-likeness (QED) is 0.197. The Hall–Kier alpha value is -3.67. The summed E-state index contributed by atoms with van der Waals surface area (Å²) in [6, 6.07) is 22.1. The predicted molar refractivity (Wildman–Crippen MR) is 145 cm³/mol. The largest absolute Gasteiger partial charge is 0.489 e. The fourth-order valence-corrected chi connectivity index (χ4v) is 4.19. The van der Waals surface area contributed by atoms with Crippen LogP contribution in [0.15, 0.2) is 79.1 Å². The Bertz CT molecular complexity index is 1060. The molecule has 1 unspecified atom stereocenters. The zero-order valence-electron chi connectivity index (χ0n) is 21.7. The lowest BCUT2D eigenvalue weighted by Crippen LogP contribution is -2.36. The van der Waals surface area contributed by atoms with Gasteiger partial charge in [-0.25, -0.2) is 0 Å². The number of methoxy groups -OCH3 is 1. The lowest BCUT2D eigenvalue weighted by molar-refractivity contribution is -0.141. The number of benzene rings is 2. The molecule has 1 N–H and O–H groups in total. The number of carbonyl (C=O) groups excluding carboxylic acids is 2. The number of rotatable bonds is 16. The van der Waals surface area contributed by atoms with Crippen LogP contribution in [0.5, 0.6) is 5.75 Å².